The molecule has 0 aliphatic carbocycles. The van der Waals surface area contributed by atoms with Crippen LogP contribution in [0.4, 0.5) is 0 Å². The molecule has 0 saturated carbocycles. The van der Waals surface area contributed by atoms with E-state index in [2.05, 4.69) is 34.4 Å². The van der Waals surface area contributed by atoms with E-state index in [0.29, 0.717) is 12.6 Å². The molecule has 1 fully saturated rings. The first-order valence-corrected chi connectivity index (χ1v) is 8.12. The minimum atomic E-state index is 0. The second-order valence-electron chi connectivity index (χ2n) is 5.46. The van der Waals surface area contributed by atoms with Crippen molar-refractivity contribution in [2.45, 2.75) is 45.7 Å². The van der Waals surface area contributed by atoms with Gasteiger partial charge in [-0.1, -0.05) is 6.92 Å². The summed E-state index contributed by atoms with van der Waals surface area (Å²) < 4.78 is 5.32. The molecular formula is C16H29IN4O. The quantitative estimate of drug-likeness (QED) is 0.405. The Balaban J connectivity index is 0.00000242. The lowest BCUT2D eigenvalue weighted by Crippen LogP contribution is -2.46. The zero-order chi connectivity index (χ0) is 14.9. The van der Waals surface area contributed by atoms with Crippen molar-refractivity contribution in [2.75, 3.05) is 26.2 Å². The average Bonchev–Trinajstić information content (AvgIpc) is 3.18. The molecule has 22 heavy (non-hydrogen) atoms. The molecule has 126 valence electrons. The second-order valence-corrected chi connectivity index (χ2v) is 5.46. The summed E-state index contributed by atoms with van der Waals surface area (Å²) >= 11 is 0. The number of hydrogen-bond donors (Lipinski definition) is 2. The Morgan fingerprint density at radius 2 is 2.09 bits per heavy atom. The van der Waals surface area contributed by atoms with E-state index >= 15 is 0 Å². The van der Waals surface area contributed by atoms with E-state index in [1.165, 1.54) is 32.4 Å². The van der Waals surface area contributed by atoms with Crippen molar-refractivity contribution >= 4 is 29.9 Å². The first-order chi connectivity index (χ1) is 10.3. The van der Waals surface area contributed by atoms with Gasteiger partial charge in [0.05, 0.1) is 6.26 Å². The lowest BCUT2D eigenvalue weighted by atomic mass is 10.2. The number of guanidine groups is 1. The average molecular weight is 420 g/mol. The van der Waals surface area contributed by atoms with Crippen molar-refractivity contribution in [1.82, 2.24) is 15.5 Å². The number of nitrogens with zero attached hydrogens (tertiary/aromatic N) is 2. The lowest BCUT2D eigenvalue weighted by Gasteiger charge is -2.27. The van der Waals surface area contributed by atoms with Crippen molar-refractivity contribution in [3.63, 3.8) is 0 Å². The maximum Gasteiger partial charge on any atom is 0.191 e. The van der Waals surface area contributed by atoms with Gasteiger partial charge in [-0.05, 0) is 51.4 Å². The molecule has 0 aromatic carbocycles. The fraction of sp³-hybridized carbons (Fsp3) is 0.688. The van der Waals surface area contributed by atoms with Gasteiger partial charge in [0.1, 0.15) is 12.3 Å². The highest BCUT2D eigenvalue weighted by Gasteiger charge is 2.20. The summed E-state index contributed by atoms with van der Waals surface area (Å²) in [6.07, 6.45) is 5.53. The number of nitrogens with one attached hydrogen (secondary N) is 2. The highest BCUT2D eigenvalue weighted by Crippen LogP contribution is 2.13. The number of likely N-dealkylation sites (tertiary alicyclic amines) is 1. The zero-order valence-electron chi connectivity index (χ0n) is 13.7. The molecule has 2 N–H and O–H groups in total. The van der Waals surface area contributed by atoms with E-state index in [0.717, 1.165) is 24.8 Å². The molecule has 2 heterocycles. The fourth-order valence-electron chi connectivity index (χ4n) is 2.75. The van der Waals surface area contributed by atoms with Crippen LogP contribution in [0.2, 0.25) is 0 Å². The maximum absolute atomic E-state index is 5.32. The van der Waals surface area contributed by atoms with Gasteiger partial charge in [-0.15, -0.1) is 24.0 Å². The van der Waals surface area contributed by atoms with Crippen LogP contribution in [0.3, 0.4) is 0 Å². The molecule has 1 aliphatic heterocycles. The SMILES string of the molecule is CCNC(=NCc1ccco1)NCC(CC)N1CCCC1.I. The van der Waals surface area contributed by atoms with Gasteiger partial charge in [-0.2, -0.15) is 0 Å². The van der Waals surface area contributed by atoms with Gasteiger partial charge >= 0.3 is 0 Å². The van der Waals surface area contributed by atoms with E-state index in [9.17, 15) is 0 Å². The molecule has 1 saturated heterocycles. The predicted molar refractivity (Wildman–Crippen MR) is 102 cm³/mol. The summed E-state index contributed by atoms with van der Waals surface area (Å²) in [5.74, 6) is 1.75. The third-order valence-electron chi connectivity index (χ3n) is 3.95. The van der Waals surface area contributed by atoms with Crippen LogP contribution in [0.1, 0.15) is 38.9 Å². The summed E-state index contributed by atoms with van der Waals surface area (Å²) in [7, 11) is 0. The van der Waals surface area contributed by atoms with Crippen molar-refractivity contribution in [1.29, 1.82) is 0 Å². The number of furan rings is 1. The second kappa shape index (κ2) is 10.9. The number of rotatable bonds is 7. The van der Waals surface area contributed by atoms with Gasteiger partial charge in [0.15, 0.2) is 5.96 Å². The van der Waals surface area contributed by atoms with Crippen LogP contribution in [-0.2, 0) is 6.54 Å². The van der Waals surface area contributed by atoms with Crippen LogP contribution < -0.4 is 10.6 Å². The van der Waals surface area contributed by atoms with Gasteiger partial charge in [0, 0.05) is 19.1 Å². The summed E-state index contributed by atoms with van der Waals surface area (Å²) in [4.78, 5) is 7.16. The molecule has 0 spiro atoms. The standard InChI is InChI=1S/C16H28N4O.HI/c1-3-14(20-9-5-6-10-20)12-18-16(17-4-2)19-13-15-8-7-11-21-15;/h7-8,11,14H,3-6,9-10,12-13H2,1-2H3,(H2,17,18,19);1H. The molecule has 1 unspecified atom stereocenters. The molecule has 1 atom stereocenters. The van der Waals surface area contributed by atoms with Crippen molar-refractivity contribution in [3.8, 4) is 0 Å². The van der Waals surface area contributed by atoms with E-state index in [4.69, 9.17) is 4.42 Å². The maximum atomic E-state index is 5.32. The van der Waals surface area contributed by atoms with E-state index in [-0.39, 0.29) is 24.0 Å². The topological polar surface area (TPSA) is 52.8 Å². The van der Waals surface area contributed by atoms with E-state index in [1.807, 2.05) is 12.1 Å². The van der Waals surface area contributed by atoms with Crippen LogP contribution >= 0.6 is 24.0 Å². The van der Waals surface area contributed by atoms with Gasteiger partial charge in [0.25, 0.3) is 0 Å². The normalized spacial score (nSPS) is 17.1. The predicted octanol–water partition coefficient (Wildman–Crippen LogP) is 2.83. The van der Waals surface area contributed by atoms with Gasteiger partial charge in [-0.25, -0.2) is 4.99 Å². The molecule has 0 amide bonds. The highest BCUT2D eigenvalue weighted by atomic mass is 127. The van der Waals surface area contributed by atoms with Crippen LogP contribution in [0.25, 0.3) is 0 Å². The number of aliphatic imine (C=N–C) groups is 1. The first kappa shape index (κ1) is 19.3. The largest absolute Gasteiger partial charge is 0.467 e. The third-order valence-corrected chi connectivity index (χ3v) is 3.95. The highest BCUT2D eigenvalue weighted by molar-refractivity contribution is 14.0. The smallest absolute Gasteiger partial charge is 0.191 e. The minimum Gasteiger partial charge on any atom is -0.467 e. The van der Waals surface area contributed by atoms with Crippen molar-refractivity contribution in [3.05, 3.63) is 24.2 Å². The molecule has 0 bridgehead atoms. The third kappa shape index (κ3) is 6.16. The fourth-order valence-corrected chi connectivity index (χ4v) is 2.75. The minimum absolute atomic E-state index is 0. The molecule has 1 aromatic rings. The Morgan fingerprint density at radius 3 is 2.68 bits per heavy atom. The van der Waals surface area contributed by atoms with Gasteiger partial charge in [-0.3, -0.25) is 4.90 Å². The Bertz CT molecular complexity index is 416. The van der Waals surface area contributed by atoms with Gasteiger partial charge in [0.2, 0.25) is 0 Å². The monoisotopic (exact) mass is 420 g/mol. The molecular weight excluding hydrogens is 391 g/mol. The summed E-state index contributed by atoms with van der Waals surface area (Å²) in [5.41, 5.74) is 0. The van der Waals surface area contributed by atoms with Crippen molar-refractivity contribution in [2.24, 2.45) is 4.99 Å². The van der Waals surface area contributed by atoms with Gasteiger partial charge < -0.3 is 15.1 Å². The molecule has 1 aromatic heterocycles. The molecule has 2 rings (SSSR count). The van der Waals surface area contributed by atoms with Crippen LogP contribution in [0, 0.1) is 0 Å². The summed E-state index contributed by atoms with van der Waals surface area (Å²) in [6.45, 7) is 9.20. The van der Waals surface area contributed by atoms with E-state index < -0.39 is 0 Å². The molecule has 5 nitrogen and oxygen atoms in total. The Kier molecular flexibility index (Phi) is 9.54. The Morgan fingerprint density at radius 1 is 1.32 bits per heavy atom. The number of hydrogen-bond acceptors (Lipinski definition) is 3. The molecule has 0 radical (unpaired) electrons. The Hall–Kier alpha value is -0.760. The van der Waals surface area contributed by atoms with Crippen LogP contribution in [0.5, 0.6) is 0 Å². The lowest BCUT2D eigenvalue weighted by molar-refractivity contribution is 0.236. The first-order valence-electron chi connectivity index (χ1n) is 8.12. The van der Waals surface area contributed by atoms with E-state index in [1.54, 1.807) is 6.26 Å². The van der Waals surface area contributed by atoms with Crippen LogP contribution in [-0.4, -0.2) is 43.1 Å². The van der Waals surface area contributed by atoms with Crippen molar-refractivity contribution < 1.29 is 4.42 Å². The summed E-state index contributed by atoms with van der Waals surface area (Å²) in [5, 5.41) is 6.76. The molecule has 1 aliphatic rings. The molecule has 6 heteroatoms. The number of halogens is 1. The zero-order valence-corrected chi connectivity index (χ0v) is 16.0. The van der Waals surface area contributed by atoms with Crippen LogP contribution in [0.15, 0.2) is 27.8 Å². The Labute approximate surface area is 150 Å². The summed E-state index contributed by atoms with van der Waals surface area (Å²) in [6, 6.07) is 4.44.